The lowest BCUT2D eigenvalue weighted by Gasteiger charge is -2.26. The van der Waals surface area contributed by atoms with Crippen LogP contribution in [-0.2, 0) is 0 Å². The molecule has 1 aromatic carbocycles. The van der Waals surface area contributed by atoms with Crippen LogP contribution in [0.5, 0.6) is 0 Å². The van der Waals surface area contributed by atoms with Gasteiger partial charge in [-0.2, -0.15) is 0 Å². The second-order valence-electron chi connectivity index (χ2n) is 4.50. The number of thioether (sulfide) groups is 1. The van der Waals surface area contributed by atoms with Gasteiger partial charge in [0.05, 0.1) is 5.37 Å². The molecule has 1 nitrogen and oxygen atoms in total. The smallest absolute Gasteiger partial charge is 0.0818 e. The minimum atomic E-state index is 0.309. The van der Waals surface area contributed by atoms with Crippen LogP contribution in [0.25, 0.3) is 0 Å². The Labute approximate surface area is 83.9 Å². The van der Waals surface area contributed by atoms with Gasteiger partial charge in [-0.1, -0.05) is 44.7 Å². The van der Waals surface area contributed by atoms with Gasteiger partial charge < -0.3 is 5.32 Å². The van der Waals surface area contributed by atoms with Crippen molar-refractivity contribution in [3.63, 3.8) is 0 Å². The van der Waals surface area contributed by atoms with Crippen molar-refractivity contribution in [2.24, 2.45) is 5.41 Å². The highest BCUT2D eigenvalue weighted by Crippen LogP contribution is 2.44. The molecule has 1 unspecified atom stereocenters. The molecule has 13 heavy (non-hydrogen) atoms. The molecular weight excluding hydrogens is 178 g/mol. The normalized spacial score (nSPS) is 21.0. The van der Waals surface area contributed by atoms with Crippen molar-refractivity contribution < 1.29 is 0 Å². The Balaban J connectivity index is 2.23. The summed E-state index contributed by atoms with van der Waals surface area (Å²) >= 11 is 1.93. The zero-order valence-corrected chi connectivity index (χ0v) is 9.11. The number of fused-ring (bicyclic) bond motifs is 1. The van der Waals surface area contributed by atoms with Gasteiger partial charge in [-0.3, -0.25) is 0 Å². The molecule has 1 aromatic rings. The van der Waals surface area contributed by atoms with E-state index in [1.54, 1.807) is 0 Å². The first kappa shape index (κ1) is 8.95. The van der Waals surface area contributed by atoms with Crippen LogP contribution < -0.4 is 5.32 Å². The van der Waals surface area contributed by atoms with Gasteiger partial charge in [-0.15, -0.1) is 0 Å². The Bertz CT molecular complexity index is 289. The van der Waals surface area contributed by atoms with Crippen LogP contribution in [0.1, 0.15) is 20.8 Å². The van der Waals surface area contributed by atoms with Crippen LogP contribution >= 0.6 is 11.8 Å². The van der Waals surface area contributed by atoms with Crippen LogP contribution in [-0.4, -0.2) is 5.37 Å². The number of para-hydroxylation sites is 1. The van der Waals surface area contributed by atoms with Crippen LogP contribution in [0.3, 0.4) is 0 Å². The van der Waals surface area contributed by atoms with Gasteiger partial charge in [0.15, 0.2) is 0 Å². The SMILES string of the molecule is CC(C)(C)C1Nc2ccccc2S1. The molecule has 0 saturated heterocycles. The van der Waals surface area contributed by atoms with Gasteiger partial charge in [0, 0.05) is 10.6 Å². The van der Waals surface area contributed by atoms with Gasteiger partial charge >= 0.3 is 0 Å². The first-order chi connectivity index (χ1) is 6.07. The van der Waals surface area contributed by atoms with Gasteiger partial charge in [-0.25, -0.2) is 0 Å². The third-order valence-corrected chi connectivity index (χ3v) is 3.88. The molecule has 1 N–H and O–H groups in total. The van der Waals surface area contributed by atoms with Gasteiger partial charge in [0.25, 0.3) is 0 Å². The summed E-state index contributed by atoms with van der Waals surface area (Å²) in [6, 6.07) is 8.50. The number of benzene rings is 1. The molecular formula is C11H15NS. The summed E-state index contributed by atoms with van der Waals surface area (Å²) in [7, 11) is 0. The molecule has 0 fully saturated rings. The van der Waals surface area contributed by atoms with E-state index < -0.39 is 0 Å². The lowest BCUT2D eigenvalue weighted by atomic mass is 9.96. The number of hydrogen-bond acceptors (Lipinski definition) is 2. The maximum atomic E-state index is 3.54. The van der Waals surface area contributed by atoms with E-state index in [1.165, 1.54) is 10.6 Å². The lowest BCUT2D eigenvalue weighted by molar-refractivity contribution is 0.419. The van der Waals surface area contributed by atoms with E-state index in [-0.39, 0.29) is 0 Å². The summed E-state index contributed by atoms with van der Waals surface area (Å²) in [5.74, 6) is 0. The fourth-order valence-corrected chi connectivity index (χ4v) is 2.58. The molecule has 0 radical (unpaired) electrons. The van der Waals surface area contributed by atoms with Gasteiger partial charge in [-0.05, 0) is 17.5 Å². The van der Waals surface area contributed by atoms with Crippen molar-refractivity contribution in [2.45, 2.75) is 31.0 Å². The van der Waals surface area contributed by atoms with Crippen molar-refractivity contribution in [1.29, 1.82) is 0 Å². The second-order valence-corrected chi connectivity index (χ2v) is 5.65. The zero-order chi connectivity index (χ0) is 9.47. The molecule has 2 heteroatoms. The van der Waals surface area contributed by atoms with Crippen molar-refractivity contribution >= 4 is 17.4 Å². The second kappa shape index (κ2) is 2.95. The topological polar surface area (TPSA) is 12.0 Å². The summed E-state index contributed by atoms with van der Waals surface area (Å²) in [4.78, 5) is 1.38. The first-order valence-electron chi connectivity index (χ1n) is 4.59. The predicted molar refractivity (Wildman–Crippen MR) is 59.2 cm³/mol. The van der Waals surface area contributed by atoms with Crippen molar-refractivity contribution in [2.75, 3.05) is 5.32 Å². The molecule has 1 aliphatic heterocycles. The van der Waals surface area contributed by atoms with Crippen molar-refractivity contribution in [1.82, 2.24) is 0 Å². The van der Waals surface area contributed by atoms with Crippen molar-refractivity contribution in [3.8, 4) is 0 Å². The Kier molecular flexibility index (Phi) is 2.03. The zero-order valence-electron chi connectivity index (χ0n) is 8.29. The monoisotopic (exact) mass is 193 g/mol. The summed E-state index contributed by atoms with van der Waals surface area (Å²) in [5, 5.41) is 4.04. The maximum absolute atomic E-state index is 3.54. The lowest BCUT2D eigenvalue weighted by Crippen LogP contribution is -2.27. The quantitative estimate of drug-likeness (QED) is 0.676. The fraction of sp³-hybridized carbons (Fsp3) is 0.455. The number of nitrogens with one attached hydrogen (secondary N) is 1. The molecule has 70 valence electrons. The van der Waals surface area contributed by atoms with E-state index in [0.717, 1.165) is 0 Å². The Morgan fingerprint density at radius 1 is 1.23 bits per heavy atom. The minimum absolute atomic E-state index is 0.309. The van der Waals surface area contributed by atoms with E-state index in [9.17, 15) is 0 Å². The average molecular weight is 193 g/mol. The highest BCUT2D eigenvalue weighted by Gasteiger charge is 2.30. The molecule has 0 bridgehead atoms. The average Bonchev–Trinajstić information content (AvgIpc) is 2.45. The van der Waals surface area contributed by atoms with E-state index in [4.69, 9.17) is 0 Å². The van der Waals surface area contributed by atoms with E-state index in [2.05, 4.69) is 50.4 Å². The fourth-order valence-electron chi connectivity index (χ4n) is 1.38. The van der Waals surface area contributed by atoms with E-state index in [1.807, 2.05) is 11.8 Å². The molecule has 0 aliphatic carbocycles. The molecule has 1 heterocycles. The van der Waals surface area contributed by atoms with Crippen LogP contribution in [0.15, 0.2) is 29.2 Å². The minimum Gasteiger partial charge on any atom is -0.372 e. The molecule has 0 spiro atoms. The van der Waals surface area contributed by atoms with Gasteiger partial charge in [0.1, 0.15) is 0 Å². The third-order valence-electron chi connectivity index (χ3n) is 2.21. The third kappa shape index (κ3) is 1.68. The molecule has 0 aromatic heterocycles. The summed E-state index contributed by atoms with van der Waals surface area (Å²) in [5.41, 5.74) is 1.59. The van der Waals surface area contributed by atoms with Crippen LogP contribution in [0.4, 0.5) is 5.69 Å². The largest absolute Gasteiger partial charge is 0.372 e. The van der Waals surface area contributed by atoms with Crippen LogP contribution in [0.2, 0.25) is 0 Å². The Hall–Kier alpha value is -0.630. The maximum Gasteiger partial charge on any atom is 0.0818 e. The van der Waals surface area contributed by atoms with Crippen LogP contribution in [0, 0.1) is 5.41 Å². The molecule has 1 aliphatic rings. The Morgan fingerprint density at radius 2 is 1.92 bits per heavy atom. The number of hydrogen-bond donors (Lipinski definition) is 1. The first-order valence-corrected chi connectivity index (χ1v) is 5.47. The van der Waals surface area contributed by atoms with Gasteiger partial charge in [0.2, 0.25) is 0 Å². The van der Waals surface area contributed by atoms with E-state index >= 15 is 0 Å². The summed E-state index contributed by atoms with van der Waals surface area (Å²) < 4.78 is 0. The highest BCUT2D eigenvalue weighted by atomic mass is 32.2. The number of anilines is 1. The molecule has 0 amide bonds. The Morgan fingerprint density at radius 3 is 2.54 bits per heavy atom. The molecule has 2 rings (SSSR count). The predicted octanol–water partition coefficient (Wildman–Crippen LogP) is 3.58. The molecule has 0 saturated carbocycles. The standard InChI is InChI=1S/C11H15NS/c1-11(2,3)10-12-8-6-4-5-7-9(8)13-10/h4-7,10,12H,1-3H3. The summed E-state index contributed by atoms with van der Waals surface area (Å²) in [6.45, 7) is 6.80. The van der Waals surface area contributed by atoms with Crippen molar-refractivity contribution in [3.05, 3.63) is 24.3 Å². The highest BCUT2D eigenvalue weighted by molar-refractivity contribution is 8.00. The number of rotatable bonds is 0. The molecule has 1 atom stereocenters. The van der Waals surface area contributed by atoms with E-state index in [0.29, 0.717) is 10.8 Å². The summed E-state index contributed by atoms with van der Waals surface area (Å²) in [6.07, 6.45) is 0.